The van der Waals surface area contributed by atoms with Crippen LogP contribution in [0.2, 0.25) is 0 Å². The first kappa shape index (κ1) is 14.5. The number of hydrogen-bond donors (Lipinski definition) is 1. The Morgan fingerprint density at radius 1 is 1.39 bits per heavy atom. The number of fused-ring (bicyclic) bond motifs is 1. The first-order valence-electron chi connectivity index (χ1n) is 7.59. The van der Waals surface area contributed by atoms with Crippen LogP contribution in [0.5, 0.6) is 11.5 Å². The van der Waals surface area contributed by atoms with E-state index in [1.807, 2.05) is 28.5 Å². The highest BCUT2D eigenvalue weighted by molar-refractivity contribution is 7.13. The summed E-state index contributed by atoms with van der Waals surface area (Å²) in [6, 6.07) is 5.91. The summed E-state index contributed by atoms with van der Waals surface area (Å²) < 4.78 is 10.7. The monoisotopic (exact) mass is 331 g/mol. The first-order chi connectivity index (χ1) is 11.2. The first-order valence-corrected chi connectivity index (χ1v) is 8.47. The number of benzene rings is 1. The van der Waals surface area contributed by atoms with E-state index in [1.165, 1.54) is 11.3 Å². The molecule has 1 amide bonds. The Morgan fingerprint density at radius 3 is 3.13 bits per heavy atom. The van der Waals surface area contributed by atoms with Crippen molar-refractivity contribution in [1.29, 1.82) is 0 Å². The van der Waals surface area contributed by atoms with E-state index in [4.69, 9.17) is 9.47 Å². The van der Waals surface area contributed by atoms with E-state index in [0.717, 1.165) is 41.7 Å². The summed E-state index contributed by atoms with van der Waals surface area (Å²) >= 11 is 1.47. The van der Waals surface area contributed by atoms with Crippen molar-refractivity contribution in [3.63, 3.8) is 0 Å². The number of hydrogen-bond acceptors (Lipinski definition) is 6. The lowest BCUT2D eigenvalue weighted by atomic mass is 10.2. The molecule has 2 aliphatic rings. The van der Waals surface area contributed by atoms with Gasteiger partial charge in [-0.25, -0.2) is 4.98 Å². The van der Waals surface area contributed by atoms with E-state index in [2.05, 4.69) is 17.2 Å². The number of carbonyl (C=O) groups excluding carboxylic acids is 1. The summed E-state index contributed by atoms with van der Waals surface area (Å²) in [5.41, 5.74) is 1.45. The smallest absolute Gasteiger partial charge is 0.273 e. The summed E-state index contributed by atoms with van der Waals surface area (Å²) in [7, 11) is 0. The van der Waals surface area contributed by atoms with Gasteiger partial charge in [-0.05, 0) is 25.1 Å². The summed E-state index contributed by atoms with van der Waals surface area (Å²) in [5.74, 6) is 1.47. The van der Waals surface area contributed by atoms with Crippen LogP contribution in [0.25, 0.3) is 10.6 Å². The number of rotatable bonds is 2. The van der Waals surface area contributed by atoms with Gasteiger partial charge in [-0.3, -0.25) is 4.79 Å². The molecular weight excluding hydrogens is 314 g/mol. The van der Waals surface area contributed by atoms with Crippen LogP contribution in [0, 0.1) is 0 Å². The maximum absolute atomic E-state index is 12.6. The van der Waals surface area contributed by atoms with Gasteiger partial charge < -0.3 is 19.7 Å². The van der Waals surface area contributed by atoms with Crippen LogP contribution >= 0.6 is 11.3 Å². The molecule has 6 nitrogen and oxygen atoms in total. The molecule has 120 valence electrons. The van der Waals surface area contributed by atoms with Crippen LogP contribution in [0.1, 0.15) is 17.4 Å². The third-order valence-electron chi connectivity index (χ3n) is 4.10. The number of nitrogens with one attached hydrogen (secondary N) is 1. The SMILES string of the molecule is CC1CNCCN1C(=O)c1csc(-c2ccc3c(c2)OCO3)n1. The van der Waals surface area contributed by atoms with Crippen molar-refractivity contribution in [2.75, 3.05) is 26.4 Å². The van der Waals surface area contributed by atoms with E-state index in [1.54, 1.807) is 0 Å². The predicted octanol–water partition coefficient (Wildman–Crippen LogP) is 1.97. The summed E-state index contributed by atoms with van der Waals surface area (Å²) in [6.07, 6.45) is 0. The standard InChI is InChI=1S/C16H17N3O3S/c1-10-7-17-4-5-19(10)16(20)12-8-23-15(18-12)11-2-3-13-14(6-11)22-9-21-13/h2-3,6,8,10,17H,4-5,7,9H2,1H3. The van der Waals surface area contributed by atoms with Crippen LogP contribution in [0.15, 0.2) is 23.6 Å². The van der Waals surface area contributed by atoms with Gasteiger partial charge in [0.05, 0.1) is 0 Å². The van der Waals surface area contributed by atoms with Crippen molar-refractivity contribution >= 4 is 17.2 Å². The van der Waals surface area contributed by atoms with Crippen molar-refractivity contribution in [2.45, 2.75) is 13.0 Å². The maximum Gasteiger partial charge on any atom is 0.273 e. The van der Waals surface area contributed by atoms with Crippen molar-refractivity contribution in [3.8, 4) is 22.1 Å². The summed E-state index contributed by atoms with van der Waals surface area (Å²) in [6.45, 7) is 4.67. The lowest BCUT2D eigenvalue weighted by Crippen LogP contribution is -2.52. The Hall–Kier alpha value is -2.12. The lowest BCUT2D eigenvalue weighted by molar-refractivity contribution is 0.0650. The van der Waals surface area contributed by atoms with Crippen molar-refractivity contribution in [1.82, 2.24) is 15.2 Å². The molecule has 1 saturated heterocycles. The minimum Gasteiger partial charge on any atom is -0.454 e. The molecule has 2 aliphatic heterocycles. The van der Waals surface area contributed by atoms with Crippen LogP contribution in [-0.2, 0) is 0 Å². The Balaban J connectivity index is 1.58. The van der Waals surface area contributed by atoms with E-state index >= 15 is 0 Å². The van der Waals surface area contributed by atoms with Gasteiger partial charge in [0.25, 0.3) is 5.91 Å². The van der Waals surface area contributed by atoms with Gasteiger partial charge in [-0.2, -0.15) is 0 Å². The molecule has 0 aliphatic carbocycles. The van der Waals surface area contributed by atoms with Gasteiger partial charge in [-0.1, -0.05) is 0 Å². The van der Waals surface area contributed by atoms with E-state index in [9.17, 15) is 4.79 Å². The van der Waals surface area contributed by atoms with Gasteiger partial charge >= 0.3 is 0 Å². The number of amides is 1. The molecule has 1 aromatic heterocycles. The molecule has 4 rings (SSSR count). The molecule has 3 heterocycles. The Labute approximate surface area is 138 Å². The van der Waals surface area contributed by atoms with Crippen LogP contribution in [0.3, 0.4) is 0 Å². The second-order valence-corrected chi connectivity index (χ2v) is 6.52. The second-order valence-electron chi connectivity index (χ2n) is 5.66. The quantitative estimate of drug-likeness (QED) is 0.911. The molecule has 1 atom stereocenters. The highest BCUT2D eigenvalue weighted by Crippen LogP contribution is 2.36. The summed E-state index contributed by atoms with van der Waals surface area (Å²) in [5, 5.41) is 5.93. The Bertz CT molecular complexity index is 746. The average Bonchev–Trinajstić information content (AvgIpc) is 3.23. The van der Waals surface area contributed by atoms with Gasteiger partial charge in [0, 0.05) is 36.6 Å². The molecule has 2 aromatic rings. The molecule has 1 fully saturated rings. The molecule has 0 spiro atoms. The normalized spacial score (nSPS) is 19.9. The Morgan fingerprint density at radius 2 is 2.26 bits per heavy atom. The molecule has 7 heteroatoms. The number of thiazole rings is 1. The van der Waals surface area contributed by atoms with Crippen LogP contribution in [-0.4, -0.2) is 48.3 Å². The van der Waals surface area contributed by atoms with E-state index in [0.29, 0.717) is 5.69 Å². The predicted molar refractivity (Wildman–Crippen MR) is 87.0 cm³/mol. The van der Waals surface area contributed by atoms with Gasteiger partial charge in [0.2, 0.25) is 6.79 Å². The average molecular weight is 331 g/mol. The van der Waals surface area contributed by atoms with Crippen LogP contribution < -0.4 is 14.8 Å². The van der Waals surface area contributed by atoms with Gasteiger partial charge in [-0.15, -0.1) is 11.3 Å². The molecule has 1 N–H and O–H groups in total. The largest absolute Gasteiger partial charge is 0.454 e. The highest BCUT2D eigenvalue weighted by Gasteiger charge is 2.26. The van der Waals surface area contributed by atoms with Gasteiger partial charge in [0.1, 0.15) is 10.7 Å². The third-order valence-corrected chi connectivity index (χ3v) is 5.00. The minimum atomic E-state index is 0.00208. The third kappa shape index (κ3) is 2.66. The number of piperazine rings is 1. The molecule has 0 saturated carbocycles. The molecule has 1 unspecified atom stereocenters. The number of nitrogens with zero attached hydrogens (tertiary/aromatic N) is 2. The number of ether oxygens (including phenoxy) is 2. The minimum absolute atomic E-state index is 0.00208. The van der Waals surface area contributed by atoms with Gasteiger partial charge in [0.15, 0.2) is 11.5 Å². The van der Waals surface area contributed by atoms with Crippen LogP contribution in [0.4, 0.5) is 0 Å². The Kier molecular flexibility index (Phi) is 3.66. The van der Waals surface area contributed by atoms with E-state index < -0.39 is 0 Å². The zero-order chi connectivity index (χ0) is 15.8. The van der Waals surface area contributed by atoms with Crippen molar-refractivity contribution < 1.29 is 14.3 Å². The van der Waals surface area contributed by atoms with Crippen molar-refractivity contribution in [2.24, 2.45) is 0 Å². The fourth-order valence-corrected chi connectivity index (χ4v) is 3.61. The highest BCUT2D eigenvalue weighted by atomic mass is 32.1. The molecule has 0 bridgehead atoms. The number of carbonyl (C=O) groups is 1. The zero-order valence-electron chi connectivity index (χ0n) is 12.7. The zero-order valence-corrected chi connectivity index (χ0v) is 13.6. The number of aromatic nitrogens is 1. The lowest BCUT2D eigenvalue weighted by Gasteiger charge is -2.33. The summed E-state index contributed by atoms with van der Waals surface area (Å²) in [4.78, 5) is 19.0. The fraction of sp³-hybridized carbons (Fsp3) is 0.375. The molecular formula is C16H17N3O3S. The molecule has 1 aromatic carbocycles. The van der Waals surface area contributed by atoms with E-state index in [-0.39, 0.29) is 18.7 Å². The second kappa shape index (κ2) is 5.82. The fourth-order valence-electron chi connectivity index (χ4n) is 2.82. The topological polar surface area (TPSA) is 63.7 Å². The molecule has 0 radical (unpaired) electrons. The maximum atomic E-state index is 12.6. The van der Waals surface area contributed by atoms with Crippen molar-refractivity contribution in [3.05, 3.63) is 29.3 Å². The molecule has 23 heavy (non-hydrogen) atoms.